The molecule has 212 valence electrons. The van der Waals surface area contributed by atoms with Crippen LogP contribution in [0, 0.1) is 23.5 Å². The summed E-state index contributed by atoms with van der Waals surface area (Å²) in [5.74, 6) is 3.26. The first-order valence-electron chi connectivity index (χ1n) is 13.2. The summed E-state index contributed by atoms with van der Waals surface area (Å²) >= 11 is 0. The van der Waals surface area contributed by atoms with Crippen LogP contribution in [0.3, 0.4) is 0 Å². The maximum absolute atomic E-state index is 15.2. The molecule has 0 atom stereocenters. The van der Waals surface area contributed by atoms with Crippen LogP contribution >= 0.6 is 0 Å². The van der Waals surface area contributed by atoms with Gasteiger partial charge in [-0.05, 0) is 55.1 Å². The molecule has 0 bridgehead atoms. The van der Waals surface area contributed by atoms with Gasteiger partial charge < -0.3 is 14.8 Å². The maximum atomic E-state index is 15.2. The Morgan fingerprint density at radius 3 is 2.50 bits per heavy atom. The van der Waals surface area contributed by atoms with Crippen molar-refractivity contribution >= 4 is 32.4 Å². The summed E-state index contributed by atoms with van der Waals surface area (Å²) in [6, 6.07) is 14.9. The summed E-state index contributed by atoms with van der Waals surface area (Å²) < 4.78 is 57.2. The van der Waals surface area contributed by atoms with Crippen LogP contribution in [0.1, 0.15) is 11.1 Å². The number of H-pyrrole nitrogens is 1. The summed E-state index contributed by atoms with van der Waals surface area (Å²) in [5, 5.41) is 0.813. The Morgan fingerprint density at radius 2 is 1.76 bits per heavy atom. The van der Waals surface area contributed by atoms with Crippen LogP contribution in [0.2, 0.25) is 0 Å². The van der Waals surface area contributed by atoms with E-state index in [9.17, 15) is 12.8 Å². The van der Waals surface area contributed by atoms with Crippen molar-refractivity contribution in [2.24, 2.45) is 0 Å². The van der Waals surface area contributed by atoms with Gasteiger partial charge in [0.1, 0.15) is 16.4 Å². The van der Waals surface area contributed by atoms with Gasteiger partial charge in [0.05, 0.1) is 11.3 Å². The maximum Gasteiger partial charge on any atom is 0.263 e. The van der Waals surface area contributed by atoms with Crippen LogP contribution in [0.5, 0.6) is 0 Å². The predicted octanol–water partition coefficient (Wildman–Crippen LogP) is 4.86. The van der Waals surface area contributed by atoms with Crippen molar-refractivity contribution in [2.75, 3.05) is 42.8 Å². The fourth-order valence-corrected chi connectivity index (χ4v) is 5.84. The standard InChI is InChI=1S/C31H26F2N6O2S/c1-38-13-15-39(16-14-38)23-7-5-22(6-8-23)27-20-36-31-26(27)17-21(18-35-31)4-9-25-28(32)10-11-29(30(25)33)37-42(40,41)24-3-2-12-34-19-24/h2-3,5-8,10-12,17-20,37H,13-16H2,1H3,(H,35,36). The molecule has 0 unspecified atom stereocenters. The van der Waals surface area contributed by atoms with Gasteiger partial charge in [-0.1, -0.05) is 24.0 Å². The van der Waals surface area contributed by atoms with E-state index in [1.54, 1.807) is 6.07 Å². The third-order valence-electron chi connectivity index (χ3n) is 7.19. The first-order valence-corrected chi connectivity index (χ1v) is 14.7. The second-order valence-electron chi connectivity index (χ2n) is 9.99. The first-order chi connectivity index (χ1) is 20.3. The molecule has 0 aliphatic carbocycles. The lowest BCUT2D eigenvalue weighted by molar-refractivity contribution is 0.313. The van der Waals surface area contributed by atoms with Gasteiger partial charge in [0, 0.05) is 73.2 Å². The minimum absolute atomic E-state index is 0.156. The van der Waals surface area contributed by atoms with Crippen LogP contribution in [0.15, 0.2) is 84.3 Å². The van der Waals surface area contributed by atoms with E-state index in [-0.39, 0.29) is 4.90 Å². The normalized spacial score (nSPS) is 14.0. The van der Waals surface area contributed by atoms with E-state index in [1.165, 1.54) is 30.2 Å². The fourth-order valence-electron chi connectivity index (χ4n) is 4.82. The van der Waals surface area contributed by atoms with E-state index in [0.717, 1.165) is 61.0 Å². The third kappa shape index (κ3) is 5.54. The summed E-state index contributed by atoms with van der Waals surface area (Å²) in [4.78, 5) is 15.9. The molecule has 2 aromatic carbocycles. The van der Waals surface area contributed by atoms with Gasteiger partial charge in [0.15, 0.2) is 5.82 Å². The van der Waals surface area contributed by atoms with Gasteiger partial charge in [0.2, 0.25) is 0 Å². The molecule has 0 amide bonds. The van der Waals surface area contributed by atoms with Crippen LogP contribution in [-0.2, 0) is 10.0 Å². The zero-order chi connectivity index (χ0) is 29.3. The Bertz CT molecular complexity index is 1930. The van der Waals surface area contributed by atoms with Gasteiger partial charge in [0.25, 0.3) is 10.0 Å². The van der Waals surface area contributed by atoms with Crippen molar-refractivity contribution in [3.63, 3.8) is 0 Å². The summed E-state index contributed by atoms with van der Waals surface area (Å²) in [6.07, 6.45) is 5.93. The van der Waals surface area contributed by atoms with Crippen molar-refractivity contribution in [3.05, 3.63) is 102 Å². The molecule has 0 saturated carbocycles. The van der Waals surface area contributed by atoms with Crippen molar-refractivity contribution < 1.29 is 17.2 Å². The Labute approximate surface area is 242 Å². The molecule has 11 heteroatoms. The Balaban J connectivity index is 1.27. The number of hydrogen-bond acceptors (Lipinski definition) is 6. The molecule has 2 N–H and O–H groups in total. The predicted molar refractivity (Wildman–Crippen MR) is 159 cm³/mol. The molecule has 3 aromatic heterocycles. The summed E-state index contributed by atoms with van der Waals surface area (Å²) in [7, 11) is -2.01. The van der Waals surface area contributed by atoms with E-state index >= 15 is 4.39 Å². The summed E-state index contributed by atoms with van der Waals surface area (Å²) in [5.41, 5.74) is 3.21. The number of benzene rings is 2. The number of nitrogens with one attached hydrogen (secondary N) is 2. The van der Waals surface area contributed by atoms with Gasteiger partial charge in [-0.25, -0.2) is 22.2 Å². The van der Waals surface area contributed by atoms with Crippen LogP contribution < -0.4 is 9.62 Å². The molecular formula is C31H26F2N6O2S. The molecule has 42 heavy (non-hydrogen) atoms. The van der Waals surface area contributed by atoms with Crippen LogP contribution in [-0.4, -0.2) is 61.5 Å². The zero-order valence-electron chi connectivity index (χ0n) is 22.6. The summed E-state index contributed by atoms with van der Waals surface area (Å²) in [6.45, 7) is 4.02. The molecule has 5 aromatic rings. The van der Waals surface area contributed by atoms with Crippen molar-refractivity contribution in [2.45, 2.75) is 4.90 Å². The van der Waals surface area contributed by atoms with Gasteiger partial charge in [-0.3, -0.25) is 9.71 Å². The average molecular weight is 585 g/mol. The molecular weight excluding hydrogens is 558 g/mol. The number of hydrogen-bond donors (Lipinski definition) is 2. The molecule has 8 nitrogen and oxygen atoms in total. The second kappa shape index (κ2) is 11.2. The lowest BCUT2D eigenvalue weighted by Crippen LogP contribution is -2.44. The average Bonchev–Trinajstić information content (AvgIpc) is 3.43. The number of halogens is 2. The number of likely N-dealkylation sites (N-methyl/N-ethyl adjacent to an activating group) is 1. The molecule has 1 aliphatic heterocycles. The van der Waals surface area contributed by atoms with E-state index in [4.69, 9.17) is 0 Å². The molecule has 1 saturated heterocycles. The highest BCUT2D eigenvalue weighted by Gasteiger charge is 2.20. The smallest absolute Gasteiger partial charge is 0.263 e. The number of aromatic nitrogens is 3. The molecule has 0 spiro atoms. The zero-order valence-corrected chi connectivity index (χ0v) is 23.4. The number of aromatic amines is 1. The second-order valence-corrected chi connectivity index (χ2v) is 11.7. The highest BCUT2D eigenvalue weighted by Crippen LogP contribution is 2.30. The van der Waals surface area contributed by atoms with Gasteiger partial charge in [-0.15, -0.1) is 0 Å². The number of nitrogens with zero attached hydrogens (tertiary/aromatic N) is 4. The quantitative estimate of drug-likeness (QED) is 0.287. The monoisotopic (exact) mass is 584 g/mol. The number of anilines is 2. The number of pyridine rings is 2. The number of rotatable bonds is 5. The fraction of sp³-hybridized carbons (Fsp3) is 0.161. The van der Waals surface area contributed by atoms with E-state index in [1.807, 2.05) is 6.20 Å². The van der Waals surface area contributed by atoms with Gasteiger partial charge in [-0.2, -0.15) is 0 Å². The molecule has 4 heterocycles. The lowest BCUT2D eigenvalue weighted by Gasteiger charge is -2.34. The topological polar surface area (TPSA) is 94.2 Å². The highest BCUT2D eigenvalue weighted by atomic mass is 32.2. The van der Waals surface area contributed by atoms with Crippen LogP contribution in [0.4, 0.5) is 20.2 Å². The number of fused-ring (bicyclic) bond motifs is 1. The minimum Gasteiger partial charge on any atom is -0.369 e. The van der Waals surface area contributed by atoms with E-state index in [0.29, 0.717) is 11.2 Å². The van der Waals surface area contributed by atoms with Crippen molar-refractivity contribution in [1.29, 1.82) is 0 Å². The van der Waals surface area contributed by atoms with Crippen LogP contribution in [0.25, 0.3) is 22.2 Å². The third-order valence-corrected chi connectivity index (χ3v) is 8.54. The molecule has 0 radical (unpaired) electrons. The molecule has 6 rings (SSSR count). The lowest BCUT2D eigenvalue weighted by atomic mass is 10.0. The minimum atomic E-state index is -4.13. The Morgan fingerprint density at radius 1 is 0.976 bits per heavy atom. The Hall–Kier alpha value is -4.79. The SMILES string of the molecule is CN1CCN(c2ccc(-c3c[nH]c4ncc(C#Cc5c(F)ccc(NS(=O)(=O)c6cccnc6)c5F)cc34)cc2)CC1. The number of sulfonamides is 1. The van der Waals surface area contributed by atoms with E-state index in [2.05, 4.69) is 72.6 Å². The Kier molecular flexibility index (Phi) is 7.33. The molecule has 1 aliphatic rings. The largest absolute Gasteiger partial charge is 0.369 e. The first kappa shape index (κ1) is 27.4. The van der Waals surface area contributed by atoms with Crippen molar-refractivity contribution in [3.8, 4) is 23.0 Å². The highest BCUT2D eigenvalue weighted by molar-refractivity contribution is 7.92. The van der Waals surface area contributed by atoms with Crippen molar-refractivity contribution in [1.82, 2.24) is 19.9 Å². The number of piperazine rings is 1. The molecule has 1 fully saturated rings. The van der Waals surface area contributed by atoms with Gasteiger partial charge >= 0.3 is 0 Å². The van der Waals surface area contributed by atoms with E-state index < -0.39 is 32.9 Å².